The van der Waals surface area contributed by atoms with Gasteiger partial charge in [-0.1, -0.05) is 18.7 Å². The van der Waals surface area contributed by atoms with Crippen LogP contribution in [-0.2, 0) is 0 Å². The second kappa shape index (κ2) is 10.6. The first-order valence-corrected chi connectivity index (χ1v) is 12.2. The van der Waals surface area contributed by atoms with Crippen LogP contribution in [-0.4, -0.2) is 83.4 Å². The van der Waals surface area contributed by atoms with Crippen molar-refractivity contribution in [3.05, 3.63) is 36.7 Å². The van der Waals surface area contributed by atoms with Crippen LogP contribution in [0.5, 0.6) is 11.5 Å². The molecule has 1 atom stereocenters. The van der Waals surface area contributed by atoms with Crippen molar-refractivity contribution in [2.24, 2.45) is 0 Å². The largest absolute Gasteiger partial charge is 0.493 e. The molecule has 1 saturated heterocycles. The van der Waals surface area contributed by atoms with E-state index in [4.69, 9.17) is 14.5 Å². The summed E-state index contributed by atoms with van der Waals surface area (Å²) in [6.45, 7) is 6.16. The summed E-state index contributed by atoms with van der Waals surface area (Å²) in [6.07, 6.45) is 6.00. The summed E-state index contributed by atoms with van der Waals surface area (Å²) in [5, 5.41) is 0.942. The van der Waals surface area contributed by atoms with Crippen LogP contribution in [0.3, 0.4) is 0 Å². The smallest absolute Gasteiger partial charge is 0.174 e. The summed E-state index contributed by atoms with van der Waals surface area (Å²) in [5.74, 6) is 2.45. The fourth-order valence-electron chi connectivity index (χ4n) is 4.13. The van der Waals surface area contributed by atoms with Gasteiger partial charge < -0.3 is 19.3 Å². The Morgan fingerprint density at radius 2 is 2.09 bits per heavy atom. The van der Waals surface area contributed by atoms with E-state index in [1.54, 1.807) is 18.9 Å². The van der Waals surface area contributed by atoms with E-state index in [9.17, 15) is 0 Å². The lowest BCUT2D eigenvalue weighted by atomic mass is 10.1. The molecule has 32 heavy (non-hydrogen) atoms. The summed E-state index contributed by atoms with van der Waals surface area (Å²) in [7, 11) is 6.01. The topological polar surface area (TPSA) is 55.1 Å². The normalized spacial score (nSPS) is 16.8. The molecule has 1 aromatic carbocycles. The molecule has 1 aliphatic heterocycles. The van der Waals surface area contributed by atoms with Crippen LogP contribution in [0.25, 0.3) is 16.9 Å². The van der Waals surface area contributed by atoms with Gasteiger partial charge >= 0.3 is 0 Å². The molecule has 1 fully saturated rings. The van der Waals surface area contributed by atoms with Crippen LogP contribution >= 0.6 is 11.8 Å². The van der Waals surface area contributed by atoms with Gasteiger partial charge in [-0.15, -0.1) is 0 Å². The maximum absolute atomic E-state index is 6.16. The minimum Gasteiger partial charge on any atom is -0.493 e. The molecule has 0 bridgehead atoms. The van der Waals surface area contributed by atoms with E-state index in [1.807, 2.05) is 41.1 Å². The van der Waals surface area contributed by atoms with E-state index in [2.05, 4.69) is 35.8 Å². The zero-order valence-corrected chi connectivity index (χ0v) is 20.3. The first-order valence-electron chi connectivity index (χ1n) is 11.3. The number of methoxy groups -OCH3 is 1. The van der Waals surface area contributed by atoms with Gasteiger partial charge in [0.2, 0.25) is 0 Å². The first kappa shape index (κ1) is 22.9. The predicted molar refractivity (Wildman–Crippen MR) is 130 cm³/mol. The number of nitrogens with zero attached hydrogens (tertiary/aromatic N) is 5. The molecule has 0 spiro atoms. The van der Waals surface area contributed by atoms with E-state index in [0.717, 1.165) is 58.8 Å². The number of imidazole rings is 1. The highest BCUT2D eigenvalue weighted by Crippen LogP contribution is 2.33. The van der Waals surface area contributed by atoms with Gasteiger partial charge in [0.1, 0.15) is 5.65 Å². The molecule has 7 nitrogen and oxygen atoms in total. The third kappa shape index (κ3) is 5.19. The number of likely N-dealkylation sites (tertiary alicyclic amines) is 1. The van der Waals surface area contributed by atoms with Crippen molar-refractivity contribution in [1.82, 2.24) is 24.2 Å². The highest BCUT2D eigenvalue weighted by Gasteiger charge is 2.23. The molecule has 0 aliphatic carbocycles. The number of thioether (sulfide) groups is 1. The molecule has 0 unspecified atom stereocenters. The number of hydrogen-bond acceptors (Lipinski definition) is 7. The van der Waals surface area contributed by atoms with Gasteiger partial charge in [0.05, 0.1) is 19.4 Å². The number of aromatic nitrogens is 3. The molecule has 1 aliphatic rings. The third-order valence-corrected chi connectivity index (χ3v) is 6.78. The van der Waals surface area contributed by atoms with Crippen molar-refractivity contribution in [3.8, 4) is 22.8 Å². The maximum atomic E-state index is 6.16. The summed E-state index contributed by atoms with van der Waals surface area (Å²) in [6, 6.07) is 8.69. The number of rotatable bonds is 10. The Bertz CT molecular complexity index is 1040. The monoisotopic (exact) mass is 455 g/mol. The molecular weight excluding hydrogens is 422 g/mol. The van der Waals surface area contributed by atoms with Crippen molar-refractivity contribution < 1.29 is 9.47 Å². The van der Waals surface area contributed by atoms with Gasteiger partial charge in [0.15, 0.2) is 16.7 Å². The quantitative estimate of drug-likeness (QED) is 0.261. The molecule has 3 aromatic rings. The van der Waals surface area contributed by atoms with E-state index >= 15 is 0 Å². The zero-order valence-electron chi connectivity index (χ0n) is 19.5. The Hall–Kier alpha value is -2.29. The van der Waals surface area contributed by atoms with Crippen LogP contribution < -0.4 is 9.47 Å². The van der Waals surface area contributed by atoms with Crippen LogP contribution in [0.4, 0.5) is 0 Å². The summed E-state index contributed by atoms with van der Waals surface area (Å²) < 4.78 is 13.7. The van der Waals surface area contributed by atoms with Gasteiger partial charge in [0, 0.05) is 43.2 Å². The Kier molecular flexibility index (Phi) is 7.55. The molecule has 4 rings (SSSR count). The molecule has 3 heterocycles. The van der Waals surface area contributed by atoms with Crippen molar-refractivity contribution in [2.75, 3.05) is 53.2 Å². The summed E-state index contributed by atoms with van der Waals surface area (Å²) >= 11 is 1.71. The van der Waals surface area contributed by atoms with Crippen LogP contribution in [0.1, 0.15) is 19.8 Å². The van der Waals surface area contributed by atoms with Crippen LogP contribution in [0.2, 0.25) is 0 Å². The zero-order chi connectivity index (χ0) is 22.5. The fourth-order valence-corrected chi connectivity index (χ4v) is 4.84. The fraction of sp³-hybridized carbons (Fsp3) is 0.500. The van der Waals surface area contributed by atoms with Gasteiger partial charge in [-0.05, 0) is 57.4 Å². The Morgan fingerprint density at radius 1 is 1.22 bits per heavy atom. The van der Waals surface area contributed by atoms with E-state index < -0.39 is 0 Å². The number of likely N-dealkylation sites (N-methyl/N-ethyl adjacent to an activating group) is 1. The average Bonchev–Trinajstić information content (AvgIpc) is 3.46. The second-order valence-electron chi connectivity index (χ2n) is 8.29. The van der Waals surface area contributed by atoms with E-state index in [0.29, 0.717) is 12.6 Å². The Labute approximate surface area is 194 Å². The van der Waals surface area contributed by atoms with Gasteiger partial charge in [-0.25, -0.2) is 9.97 Å². The molecule has 0 amide bonds. The first-order chi connectivity index (χ1) is 15.6. The summed E-state index contributed by atoms with van der Waals surface area (Å²) in [4.78, 5) is 14.2. The number of ether oxygens (including phenoxy) is 2. The van der Waals surface area contributed by atoms with E-state index in [1.165, 1.54) is 13.0 Å². The van der Waals surface area contributed by atoms with Crippen LogP contribution in [0, 0.1) is 0 Å². The SMILES string of the molecule is CCSc1nc(-c2ccc(OC)c(OCCCN3CC[C@H](N(C)C)C3)c2)cc2nccn12. The second-order valence-corrected chi connectivity index (χ2v) is 9.52. The minimum absolute atomic E-state index is 0.659. The number of fused-ring (bicyclic) bond motifs is 1. The highest BCUT2D eigenvalue weighted by atomic mass is 32.2. The molecule has 0 saturated carbocycles. The maximum Gasteiger partial charge on any atom is 0.174 e. The van der Waals surface area contributed by atoms with E-state index in [-0.39, 0.29) is 0 Å². The Balaban J connectivity index is 1.44. The predicted octanol–water partition coefficient (Wildman–Crippen LogP) is 3.92. The number of benzene rings is 1. The van der Waals surface area contributed by atoms with Gasteiger partial charge in [-0.2, -0.15) is 0 Å². The molecule has 172 valence electrons. The van der Waals surface area contributed by atoms with Gasteiger partial charge in [0.25, 0.3) is 0 Å². The minimum atomic E-state index is 0.659. The molecule has 0 radical (unpaired) electrons. The molecule has 8 heteroatoms. The number of hydrogen-bond donors (Lipinski definition) is 0. The highest BCUT2D eigenvalue weighted by molar-refractivity contribution is 7.99. The van der Waals surface area contributed by atoms with Crippen molar-refractivity contribution in [1.29, 1.82) is 0 Å². The standard InChI is InChI=1S/C24H33N5O2S/c1-5-32-24-26-20(16-23-25-10-13-29(23)24)18-7-8-21(30-4)22(15-18)31-14-6-11-28-12-9-19(17-28)27(2)3/h7-8,10,13,15-16,19H,5-6,9,11-12,14,17H2,1-4H3/t19-/m0/s1. The average molecular weight is 456 g/mol. The Morgan fingerprint density at radius 3 is 2.84 bits per heavy atom. The lowest BCUT2D eigenvalue weighted by Crippen LogP contribution is -2.32. The lowest BCUT2D eigenvalue weighted by molar-refractivity contribution is 0.238. The summed E-state index contributed by atoms with van der Waals surface area (Å²) in [5.41, 5.74) is 2.78. The third-order valence-electron chi connectivity index (χ3n) is 5.94. The van der Waals surface area contributed by atoms with Crippen LogP contribution in [0.15, 0.2) is 41.8 Å². The molecule has 0 N–H and O–H groups in total. The van der Waals surface area contributed by atoms with Crippen molar-refractivity contribution >= 4 is 17.4 Å². The lowest BCUT2D eigenvalue weighted by Gasteiger charge is -2.20. The molecular formula is C24H33N5O2S. The van der Waals surface area contributed by atoms with Gasteiger partial charge in [-0.3, -0.25) is 4.40 Å². The van der Waals surface area contributed by atoms with Crippen molar-refractivity contribution in [3.63, 3.8) is 0 Å². The van der Waals surface area contributed by atoms with Crippen molar-refractivity contribution in [2.45, 2.75) is 31.0 Å². The molecule has 2 aromatic heterocycles.